The van der Waals surface area contributed by atoms with Gasteiger partial charge in [-0.05, 0) is 38.2 Å². The molecular formula is C18H21N3O. The van der Waals surface area contributed by atoms with Crippen LogP contribution in [0.4, 0.5) is 5.69 Å². The zero-order chi connectivity index (χ0) is 15.1. The van der Waals surface area contributed by atoms with Crippen molar-refractivity contribution in [3.63, 3.8) is 0 Å². The number of likely N-dealkylation sites (N-methyl/N-ethyl adjacent to an activating group) is 1. The van der Waals surface area contributed by atoms with Crippen LogP contribution in [0.15, 0.2) is 46.0 Å². The second-order valence-electron chi connectivity index (χ2n) is 6.30. The number of hydrogen-bond donors (Lipinski definition) is 0. The summed E-state index contributed by atoms with van der Waals surface area (Å²) in [7, 11) is 2.19. The molecule has 1 aromatic carbocycles. The van der Waals surface area contributed by atoms with Gasteiger partial charge in [-0.15, -0.1) is 0 Å². The van der Waals surface area contributed by atoms with Crippen LogP contribution in [0, 0.1) is 6.92 Å². The van der Waals surface area contributed by atoms with Crippen molar-refractivity contribution in [3.8, 4) is 0 Å². The average Bonchev–Trinajstić information content (AvgIpc) is 2.98. The number of aliphatic imine (C=N–C) groups is 1. The summed E-state index contributed by atoms with van der Waals surface area (Å²) < 4.78 is 5.64. The van der Waals surface area contributed by atoms with Gasteiger partial charge in [0.2, 0.25) is 0 Å². The Morgan fingerprint density at radius 2 is 2.14 bits per heavy atom. The number of anilines is 1. The quantitative estimate of drug-likeness (QED) is 0.810. The Kier molecular flexibility index (Phi) is 3.26. The van der Waals surface area contributed by atoms with Gasteiger partial charge in [0.25, 0.3) is 0 Å². The summed E-state index contributed by atoms with van der Waals surface area (Å²) in [6.45, 7) is 6.15. The van der Waals surface area contributed by atoms with Crippen molar-refractivity contribution in [2.45, 2.75) is 13.0 Å². The number of furan rings is 1. The summed E-state index contributed by atoms with van der Waals surface area (Å²) in [6.07, 6.45) is 1.72. The minimum Gasteiger partial charge on any atom is -0.463 e. The minimum atomic E-state index is 0.438. The van der Waals surface area contributed by atoms with Crippen molar-refractivity contribution in [3.05, 3.63) is 53.5 Å². The predicted molar refractivity (Wildman–Crippen MR) is 89.0 cm³/mol. The van der Waals surface area contributed by atoms with Crippen LogP contribution in [0.1, 0.15) is 16.9 Å². The van der Waals surface area contributed by atoms with Gasteiger partial charge in [0, 0.05) is 30.9 Å². The van der Waals surface area contributed by atoms with Gasteiger partial charge < -0.3 is 14.2 Å². The fourth-order valence-electron chi connectivity index (χ4n) is 3.48. The molecular weight excluding hydrogens is 274 g/mol. The molecule has 1 atom stereocenters. The zero-order valence-electron chi connectivity index (χ0n) is 13.1. The molecule has 1 fully saturated rings. The van der Waals surface area contributed by atoms with E-state index in [0.717, 1.165) is 37.7 Å². The van der Waals surface area contributed by atoms with Gasteiger partial charge in [-0.2, -0.15) is 0 Å². The van der Waals surface area contributed by atoms with Gasteiger partial charge in [0.05, 0.1) is 18.8 Å². The summed E-state index contributed by atoms with van der Waals surface area (Å²) in [4.78, 5) is 9.83. The van der Waals surface area contributed by atoms with Crippen molar-refractivity contribution >= 4 is 11.4 Å². The van der Waals surface area contributed by atoms with Crippen molar-refractivity contribution in [2.75, 3.05) is 38.1 Å². The molecule has 22 heavy (non-hydrogen) atoms. The first-order chi connectivity index (χ1) is 10.7. The summed E-state index contributed by atoms with van der Waals surface area (Å²) >= 11 is 0. The van der Waals surface area contributed by atoms with E-state index >= 15 is 0 Å². The molecule has 114 valence electrons. The summed E-state index contributed by atoms with van der Waals surface area (Å²) in [6, 6.07) is 11.0. The first-order valence-electron chi connectivity index (χ1n) is 7.87. The molecule has 0 saturated carbocycles. The van der Waals surface area contributed by atoms with Gasteiger partial charge in [0.15, 0.2) is 5.76 Å². The average molecular weight is 295 g/mol. The molecule has 0 bridgehead atoms. The van der Waals surface area contributed by atoms with Gasteiger partial charge in [0.1, 0.15) is 5.71 Å². The topological polar surface area (TPSA) is 32.0 Å². The Balaban J connectivity index is 1.86. The third-order valence-electron chi connectivity index (χ3n) is 4.62. The van der Waals surface area contributed by atoms with E-state index in [0.29, 0.717) is 6.04 Å². The van der Waals surface area contributed by atoms with Crippen molar-refractivity contribution in [2.24, 2.45) is 4.99 Å². The highest BCUT2D eigenvalue weighted by Gasteiger charge is 2.31. The third kappa shape index (κ3) is 2.24. The molecule has 0 N–H and O–H groups in total. The Labute approximate surface area is 131 Å². The van der Waals surface area contributed by atoms with E-state index in [1.807, 2.05) is 12.1 Å². The lowest BCUT2D eigenvalue weighted by Crippen LogP contribution is -2.53. The molecule has 0 radical (unpaired) electrons. The maximum absolute atomic E-state index is 5.64. The maximum Gasteiger partial charge on any atom is 0.152 e. The number of aryl methyl sites for hydroxylation is 1. The van der Waals surface area contributed by atoms with Crippen LogP contribution < -0.4 is 4.90 Å². The van der Waals surface area contributed by atoms with Crippen LogP contribution in [0.25, 0.3) is 0 Å². The van der Waals surface area contributed by atoms with E-state index in [1.165, 1.54) is 16.8 Å². The molecule has 4 rings (SSSR count). The smallest absolute Gasteiger partial charge is 0.152 e. The first kappa shape index (κ1) is 13.6. The molecule has 0 aliphatic carbocycles. The monoisotopic (exact) mass is 295 g/mol. The van der Waals surface area contributed by atoms with E-state index in [9.17, 15) is 0 Å². The zero-order valence-corrected chi connectivity index (χ0v) is 13.1. The second kappa shape index (κ2) is 5.29. The molecule has 1 unspecified atom stereocenters. The maximum atomic E-state index is 5.64. The van der Waals surface area contributed by atoms with Crippen molar-refractivity contribution < 1.29 is 4.42 Å². The van der Waals surface area contributed by atoms with Crippen LogP contribution in [0.2, 0.25) is 0 Å². The van der Waals surface area contributed by atoms with E-state index in [1.54, 1.807) is 6.26 Å². The molecule has 0 spiro atoms. The first-order valence-corrected chi connectivity index (χ1v) is 7.87. The molecule has 4 heteroatoms. The number of nitrogens with zero attached hydrogens (tertiary/aromatic N) is 3. The van der Waals surface area contributed by atoms with Crippen LogP contribution in [0.3, 0.4) is 0 Å². The molecule has 2 aromatic rings. The Morgan fingerprint density at radius 3 is 2.95 bits per heavy atom. The molecule has 3 heterocycles. The highest BCUT2D eigenvalue weighted by atomic mass is 16.3. The summed E-state index contributed by atoms with van der Waals surface area (Å²) in [5.74, 6) is 0.861. The van der Waals surface area contributed by atoms with E-state index in [2.05, 4.69) is 42.0 Å². The second-order valence-corrected chi connectivity index (χ2v) is 6.30. The van der Waals surface area contributed by atoms with Gasteiger partial charge >= 0.3 is 0 Å². The molecule has 2 aliphatic heterocycles. The number of hydrogen-bond acceptors (Lipinski definition) is 4. The van der Waals surface area contributed by atoms with Crippen LogP contribution in [0.5, 0.6) is 0 Å². The van der Waals surface area contributed by atoms with Gasteiger partial charge in [-0.1, -0.05) is 11.6 Å². The number of fused-ring (bicyclic) bond motifs is 3. The van der Waals surface area contributed by atoms with Gasteiger partial charge in [-0.3, -0.25) is 4.99 Å². The molecule has 1 aromatic heterocycles. The number of benzene rings is 1. The predicted octanol–water partition coefficient (Wildman–Crippen LogP) is 2.56. The van der Waals surface area contributed by atoms with E-state index < -0.39 is 0 Å². The Bertz CT molecular complexity index is 705. The molecule has 4 nitrogen and oxygen atoms in total. The molecule has 0 amide bonds. The highest BCUT2D eigenvalue weighted by Crippen LogP contribution is 2.31. The summed E-state index contributed by atoms with van der Waals surface area (Å²) in [5.41, 5.74) is 4.73. The van der Waals surface area contributed by atoms with Crippen LogP contribution >= 0.6 is 0 Å². The molecule has 1 saturated heterocycles. The van der Waals surface area contributed by atoms with Crippen molar-refractivity contribution in [1.82, 2.24) is 4.90 Å². The minimum absolute atomic E-state index is 0.438. The Morgan fingerprint density at radius 1 is 1.23 bits per heavy atom. The highest BCUT2D eigenvalue weighted by molar-refractivity contribution is 6.15. The van der Waals surface area contributed by atoms with Gasteiger partial charge in [-0.25, -0.2) is 0 Å². The van der Waals surface area contributed by atoms with E-state index in [-0.39, 0.29) is 0 Å². The van der Waals surface area contributed by atoms with Crippen LogP contribution in [-0.2, 0) is 0 Å². The standard InChI is InChI=1S/C18H21N3O/c1-13-5-6-16-15(10-13)18(17-4-3-9-22-17)19-11-14-12-20(2)7-8-21(14)16/h3-6,9-10,14H,7-8,11-12H2,1-2H3. The number of piperazine rings is 1. The summed E-state index contributed by atoms with van der Waals surface area (Å²) in [5, 5.41) is 0. The van der Waals surface area contributed by atoms with E-state index in [4.69, 9.17) is 9.41 Å². The van der Waals surface area contributed by atoms with Crippen LogP contribution in [-0.4, -0.2) is 49.9 Å². The largest absolute Gasteiger partial charge is 0.463 e. The molecule has 2 aliphatic rings. The Hall–Kier alpha value is -2.07. The SMILES string of the molecule is Cc1ccc2c(c1)C(c1ccco1)=NCC1CN(C)CCN21. The fraction of sp³-hybridized carbons (Fsp3) is 0.389. The fourth-order valence-corrected chi connectivity index (χ4v) is 3.48. The normalized spacial score (nSPS) is 21.8. The lowest BCUT2D eigenvalue weighted by Gasteiger charge is -2.40. The third-order valence-corrected chi connectivity index (χ3v) is 4.62. The van der Waals surface area contributed by atoms with Crippen molar-refractivity contribution in [1.29, 1.82) is 0 Å². The number of rotatable bonds is 1. The lowest BCUT2D eigenvalue weighted by molar-refractivity contribution is 0.270. The lowest BCUT2D eigenvalue weighted by atomic mass is 10.0.